The molecule has 5 heteroatoms. The first-order valence-electron chi connectivity index (χ1n) is 6.42. The molecular formula is C13H19BrN2OS. The molecule has 1 aliphatic carbocycles. The average molecular weight is 331 g/mol. The average Bonchev–Trinajstić information content (AvgIpc) is 2.98. The zero-order valence-electron chi connectivity index (χ0n) is 10.6. The van der Waals surface area contributed by atoms with E-state index >= 15 is 0 Å². The highest BCUT2D eigenvalue weighted by Crippen LogP contribution is 2.31. The summed E-state index contributed by atoms with van der Waals surface area (Å²) in [5.41, 5.74) is 6.60. The maximum atomic E-state index is 12.5. The van der Waals surface area contributed by atoms with Gasteiger partial charge in [-0.25, -0.2) is 0 Å². The first-order valence-corrected chi connectivity index (χ1v) is 8.09. The molecule has 1 fully saturated rings. The van der Waals surface area contributed by atoms with Crippen molar-refractivity contribution in [3.05, 3.63) is 20.8 Å². The predicted molar refractivity (Wildman–Crippen MR) is 78.9 cm³/mol. The lowest BCUT2D eigenvalue weighted by Gasteiger charge is -2.31. The lowest BCUT2D eigenvalue weighted by molar-refractivity contribution is 0.0652. The van der Waals surface area contributed by atoms with Gasteiger partial charge in [-0.15, -0.1) is 11.3 Å². The molecule has 0 aliphatic heterocycles. The zero-order chi connectivity index (χ0) is 13.1. The molecule has 2 atom stereocenters. The molecule has 1 aromatic rings. The molecule has 0 aromatic carbocycles. The Morgan fingerprint density at radius 1 is 1.61 bits per heavy atom. The van der Waals surface area contributed by atoms with Gasteiger partial charge in [0, 0.05) is 18.0 Å². The summed E-state index contributed by atoms with van der Waals surface area (Å²) in [7, 11) is 0. The smallest absolute Gasteiger partial charge is 0.254 e. The Bertz CT molecular complexity index is 421. The van der Waals surface area contributed by atoms with Crippen molar-refractivity contribution >= 4 is 33.2 Å². The minimum absolute atomic E-state index is 0.143. The van der Waals surface area contributed by atoms with Crippen molar-refractivity contribution in [2.24, 2.45) is 11.7 Å². The summed E-state index contributed by atoms with van der Waals surface area (Å²) in [6, 6.07) is 2.23. The molecule has 3 nitrogen and oxygen atoms in total. The fourth-order valence-corrected chi connectivity index (χ4v) is 3.95. The minimum atomic E-state index is 0.143. The van der Waals surface area contributed by atoms with E-state index in [1.54, 1.807) is 11.3 Å². The van der Waals surface area contributed by atoms with Crippen LogP contribution in [0.4, 0.5) is 0 Å². The fraction of sp³-hybridized carbons (Fsp3) is 0.615. The SMILES string of the molecule is CCN(C(=O)c1csc(Br)c1)C1CCCC1CN. The van der Waals surface area contributed by atoms with Gasteiger partial charge in [0.2, 0.25) is 0 Å². The highest BCUT2D eigenvalue weighted by atomic mass is 79.9. The van der Waals surface area contributed by atoms with Crippen molar-refractivity contribution in [3.8, 4) is 0 Å². The summed E-state index contributed by atoms with van der Waals surface area (Å²) in [5, 5.41) is 1.92. The van der Waals surface area contributed by atoms with Crippen molar-refractivity contribution < 1.29 is 4.79 Å². The third kappa shape index (κ3) is 2.78. The van der Waals surface area contributed by atoms with E-state index in [0.29, 0.717) is 18.5 Å². The highest BCUT2D eigenvalue weighted by Gasteiger charge is 2.33. The molecule has 0 saturated heterocycles. The molecule has 1 saturated carbocycles. The van der Waals surface area contributed by atoms with Crippen LogP contribution >= 0.6 is 27.3 Å². The Hall–Kier alpha value is -0.390. The standard InChI is InChI=1S/C13H19BrN2OS/c1-2-16(11-5-3-4-9(11)7-15)13(17)10-6-12(14)18-8-10/h6,8-9,11H,2-5,7,15H2,1H3. The predicted octanol–water partition coefficient (Wildman–Crippen LogP) is 3.10. The van der Waals surface area contributed by atoms with Gasteiger partial charge in [-0.3, -0.25) is 4.79 Å². The fourth-order valence-electron chi connectivity index (χ4n) is 2.82. The van der Waals surface area contributed by atoms with Gasteiger partial charge in [-0.2, -0.15) is 0 Å². The summed E-state index contributed by atoms with van der Waals surface area (Å²) in [5.74, 6) is 0.612. The van der Waals surface area contributed by atoms with Crippen LogP contribution in [0.2, 0.25) is 0 Å². The van der Waals surface area contributed by atoms with Crippen LogP contribution in [0.1, 0.15) is 36.5 Å². The van der Waals surface area contributed by atoms with E-state index in [9.17, 15) is 4.79 Å². The Morgan fingerprint density at radius 2 is 2.39 bits per heavy atom. The number of hydrogen-bond acceptors (Lipinski definition) is 3. The number of nitrogens with two attached hydrogens (primary N) is 1. The van der Waals surface area contributed by atoms with Crippen molar-refractivity contribution in [2.75, 3.05) is 13.1 Å². The second-order valence-electron chi connectivity index (χ2n) is 4.72. The number of thiophene rings is 1. The second-order valence-corrected chi connectivity index (χ2v) is 7.02. The van der Waals surface area contributed by atoms with Crippen LogP contribution in [0.5, 0.6) is 0 Å². The van der Waals surface area contributed by atoms with Crippen LogP contribution in [-0.2, 0) is 0 Å². The molecule has 2 rings (SSSR count). The molecule has 0 bridgehead atoms. The van der Waals surface area contributed by atoms with Gasteiger partial charge in [-0.05, 0) is 54.2 Å². The number of halogens is 1. The Morgan fingerprint density at radius 3 is 2.94 bits per heavy atom. The molecule has 2 N–H and O–H groups in total. The lowest BCUT2D eigenvalue weighted by atomic mass is 10.0. The van der Waals surface area contributed by atoms with Gasteiger partial charge in [0.15, 0.2) is 0 Å². The first-order chi connectivity index (χ1) is 8.67. The van der Waals surface area contributed by atoms with E-state index in [2.05, 4.69) is 15.9 Å². The summed E-state index contributed by atoms with van der Waals surface area (Å²) in [6.07, 6.45) is 3.43. The van der Waals surface area contributed by atoms with Crippen molar-refractivity contribution in [2.45, 2.75) is 32.2 Å². The van der Waals surface area contributed by atoms with Gasteiger partial charge < -0.3 is 10.6 Å². The molecule has 2 unspecified atom stereocenters. The molecule has 0 spiro atoms. The van der Waals surface area contributed by atoms with E-state index in [1.165, 1.54) is 6.42 Å². The van der Waals surface area contributed by atoms with Crippen molar-refractivity contribution in [1.29, 1.82) is 0 Å². The van der Waals surface area contributed by atoms with Crippen molar-refractivity contribution in [3.63, 3.8) is 0 Å². The van der Waals surface area contributed by atoms with Crippen LogP contribution in [-0.4, -0.2) is 29.9 Å². The van der Waals surface area contributed by atoms with E-state index in [-0.39, 0.29) is 5.91 Å². The summed E-state index contributed by atoms with van der Waals surface area (Å²) in [6.45, 7) is 3.49. The van der Waals surface area contributed by atoms with Crippen LogP contribution in [0, 0.1) is 5.92 Å². The second kappa shape index (κ2) is 6.17. The Labute approximate surface area is 120 Å². The van der Waals surface area contributed by atoms with E-state index in [4.69, 9.17) is 5.73 Å². The summed E-state index contributed by atoms with van der Waals surface area (Å²) >= 11 is 4.96. The first kappa shape index (κ1) is 14.0. The Balaban J connectivity index is 2.15. The normalized spacial score (nSPS) is 23.3. The van der Waals surface area contributed by atoms with Gasteiger partial charge >= 0.3 is 0 Å². The Kier molecular flexibility index (Phi) is 4.81. The zero-order valence-corrected chi connectivity index (χ0v) is 13.0. The molecule has 1 aliphatic rings. The third-order valence-electron chi connectivity index (χ3n) is 3.74. The largest absolute Gasteiger partial charge is 0.336 e. The van der Waals surface area contributed by atoms with E-state index in [1.807, 2.05) is 23.3 Å². The summed E-state index contributed by atoms with van der Waals surface area (Å²) in [4.78, 5) is 14.5. The van der Waals surface area contributed by atoms with Crippen molar-refractivity contribution in [1.82, 2.24) is 4.90 Å². The maximum absolute atomic E-state index is 12.5. The topological polar surface area (TPSA) is 46.3 Å². The molecule has 100 valence electrons. The van der Waals surface area contributed by atoms with Gasteiger partial charge in [0.25, 0.3) is 5.91 Å². The number of hydrogen-bond donors (Lipinski definition) is 1. The number of carbonyl (C=O) groups is 1. The monoisotopic (exact) mass is 330 g/mol. The lowest BCUT2D eigenvalue weighted by Crippen LogP contribution is -2.44. The third-order valence-corrected chi connectivity index (χ3v) is 5.24. The van der Waals surface area contributed by atoms with Crippen LogP contribution in [0.15, 0.2) is 15.2 Å². The number of carbonyl (C=O) groups excluding carboxylic acids is 1. The number of rotatable bonds is 4. The summed E-state index contributed by atoms with van der Waals surface area (Å²) < 4.78 is 1.00. The highest BCUT2D eigenvalue weighted by molar-refractivity contribution is 9.11. The molecule has 1 aromatic heterocycles. The molecular weight excluding hydrogens is 312 g/mol. The van der Waals surface area contributed by atoms with Gasteiger partial charge in [-0.1, -0.05) is 6.42 Å². The van der Waals surface area contributed by atoms with Crippen LogP contribution < -0.4 is 5.73 Å². The minimum Gasteiger partial charge on any atom is -0.336 e. The number of nitrogens with zero attached hydrogens (tertiary/aromatic N) is 1. The van der Waals surface area contributed by atoms with Crippen LogP contribution in [0.25, 0.3) is 0 Å². The van der Waals surface area contributed by atoms with Gasteiger partial charge in [0.1, 0.15) is 0 Å². The van der Waals surface area contributed by atoms with Gasteiger partial charge in [0.05, 0.1) is 9.35 Å². The molecule has 0 radical (unpaired) electrons. The quantitative estimate of drug-likeness (QED) is 0.921. The molecule has 18 heavy (non-hydrogen) atoms. The molecule has 1 heterocycles. The van der Waals surface area contributed by atoms with Crippen LogP contribution in [0.3, 0.4) is 0 Å². The maximum Gasteiger partial charge on any atom is 0.254 e. The number of amides is 1. The molecule has 1 amide bonds. The van der Waals surface area contributed by atoms with E-state index < -0.39 is 0 Å². The van der Waals surface area contributed by atoms with E-state index in [0.717, 1.165) is 28.7 Å².